The van der Waals surface area contributed by atoms with Gasteiger partial charge in [-0.25, -0.2) is 0 Å². The first-order valence-electron chi connectivity index (χ1n) is 4.41. The SMILES string of the molecule is CC1CCC#CCCC1CO. The van der Waals surface area contributed by atoms with Gasteiger partial charge in [0.25, 0.3) is 0 Å². The molecule has 11 heavy (non-hydrogen) atoms. The Morgan fingerprint density at radius 1 is 1.27 bits per heavy atom. The van der Waals surface area contributed by atoms with Crippen LogP contribution in [0.5, 0.6) is 0 Å². The van der Waals surface area contributed by atoms with Gasteiger partial charge in [-0.15, -0.1) is 11.8 Å². The van der Waals surface area contributed by atoms with Gasteiger partial charge in [0.2, 0.25) is 0 Å². The maximum Gasteiger partial charge on any atom is 0.0462 e. The van der Waals surface area contributed by atoms with Crippen molar-refractivity contribution in [2.45, 2.75) is 32.6 Å². The summed E-state index contributed by atoms with van der Waals surface area (Å²) in [6.45, 7) is 2.55. The summed E-state index contributed by atoms with van der Waals surface area (Å²) in [6.07, 6.45) is 4.20. The molecular weight excluding hydrogens is 136 g/mol. The molecule has 2 unspecified atom stereocenters. The van der Waals surface area contributed by atoms with E-state index in [1.54, 1.807) is 0 Å². The lowest BCUT2D eigenvalue weighted by Crippen LogP contribution is -2.16. The maximum atomic E-state index is 9.03. The first-order valence-corrected chi connectivity index (χ1v) is 4.41. The molecule has 0 aromatic rings. The molecule has 0 heterocycles. The molecule has 0 aromatic heterocycles. The molecule has 0 saturated heterocycles. The second-order valence-electron chi connectivity index (χ2n) is 3.35. The Morgan fingerprint density at radius 2 is 1.91 bits per heavy atom. The Labute approximate surface area is 68.8 Å². The third-order valence-corrected chi connectivity index (χ3v) is 2.53. The Hall–Kier alpha value is -0.480. The third-order valence-electron chi connectivity index (χ3n) is 2.53. The predicted octanol–water partition coefficient (Wildman–Crippen LogP) is 1.81. The molecule has 0 bridgehead atoms. The Bertz CT molecular complexity index is 163. The van der Waals surface area contributed by atoms with Gasteiger partial charge in [-0.1, -0.05) is 6.92 Å². The summed E-state index contributed by atoms with van der Waals surface area (Å²) in [7, 11) is 0. The molecule has 0 spiro atoms. The fourth-order valence-electron chi connectivity index (χ4n) is 1.53. The van der Waals surface area contributed by atoms with Crippen molar-refractivity contribution in [2.75, 3.05) is 6.61 Å². The van der Waals surface area contributed by atoms with Crippen LogP contribution in [-0.2, 0) is 0 Å². The zero-order valence-electron chi connectivity index (χ0n) is 7.14. The molecule has 0 aromatic carbocycles. The number of aliphatic hydroxyl groups excluding tert-OH is 1. The number of aliphatic hydroxyl groups is 1. The summed E-state index contributed by atoms with van der Waals surface area (Å²) in [5.74, 6) is 7.38. The van der Waals surface area contributed by atoms with Crippen LogP contribution < -0.4 is 0 Å². The van der Waals surface area contributed by atoms with E-state index in [-0.39, 0.29) is 0 Å². The topological polar surface area (TPSA) is 20.2 Å². The van der Waals surface area contributed by atoms with E-state index in [1.807, 2.05) is 0 Å². The van der Waals surface area contributed by atoms with Crippen molar-refractivity contribution in [3.63, 3.8) is 0 Å². The summed E-state index contributed by atoms with van der Waals surface area (Å²) in [6, 6.07) is 0. The minimum Gasteiger partial charge on any atom is -0.396 e. The van der Waals surface area contributed by atoms with E-state index in [0.717, 1.165) is 25.7 Å². The zero-order valence-corrected chi connectivity index (χ0v) is 7.14. The molecule has 2 atom stereocenters. The van der Waals surface area contributed by atoms with Crippen molar-refractivity contribution < 1.29 is 5.11 Å². The van der Waals surface area contributed by atoms with Crippen molar-refractivity contribution in [3.8, 4) is 11.8 Å². The smallest absolute Gasteiger partial charge is 0.0462 e. The van der Waals surface area contributed by atoms with Crippen LogP contribution in [-0.4, -0.2) is 11.7 Å². The summed E-state index contributed by atoms with van der Waals surface area (Å²) >= 11 is 0. The molecule has 1 N–H and O–H groups in total. The average Bonchev–Trinajstić information content (AvgIpc) is 1.98. The van der Waals surface area contributed by atoms with E-state index in [0.29, 0.717) is 18.4 Å². The summed E-state index contributed by atoms with van der Waals surface area (Å²) in [5, 5.41) is 9.03. The van der Waals surface area contributed by atoms with Crippen LogP contribution in [0.2, 0.25) is 0 Å². The van der Waals surface area contributed by atoms with Crippen LogP contribution >= 0.6 is 0 Å². The molecule has 1 heteroatoms. The highest BCUT2D eigenvalue weighted by atomic mass is 16.3. The van der Waals surface area contributed by atoms with Crippen LogP contribution in [0.15, 0.2) is 0 Å². The van der Waals surface area contributed by atoms with Crippen LogP contribution in [0.25, 0.3) is 0 Å². The van der Waals surface area contributed by atoms with Crippen LogP contribution in [0.4, 0.5) is 0 Å². The van der Waals surface area contributed by atoms with E-state index >= 15 is 0 Å². The van der Waals surface area contributed by atoms with E-state index in [2.05, 4.69) is 18.8 Å². The van der Waals surface area contributed by atoms with Crippen molar-refractivity contribution in [1.29, 1.82) is 0 Å². The fourth-order valence-corrected chi connectivity index (χ4v) is 1.53. The van der Waals surface area contributed by atoms with Crippen molar-refractivity contribution in [3.05, 3.63) is 0 Å². The van der Waals surface area contributed by atoms with Crippen LogP contribution in [0.3, 0.4) is 0 Å². The monoisotopic (exact) mass is 152 g/mol. The quantitative estimate of drug-likeness (QED) is 0.568. The second-order valence-corrected chi connectivity index (χ2v) is 3.35. The number of hydrogen-bond acceptors (Lipinski definition) is 1. The standard InChI is InChI=1S/C10H16O/c1-9-6-4-2-3-5-7-10(9)8-11/h9-11H,4-8H2,1H3. The van der Waals surface area contributed by atoms with Gasteiger partial charge in [-0.2, -0.15) is 0 Å². The summed E-state index contributed by atoms with van der Waals surface area (Å²) < 4.78 is 0. The van der Waals surface area contributed by atoms with E-state index in [1.165, 1.54) is 0 Å². The molecule has 0 aliphatic heterocycles. The van der Waals surface area contributed by atoms with E-state index in [4.69, 9.17) is 5.11 Å². The molecule has 0 radical (unpaired) electrons. The highest BCUT2D eigenvalue weighted by Gasteiger charge is 2.15. The fraction of sp³-hybridized carbons (Fsp3) is 0.800. The van der Waals surface area contributed by atoms with E-state index in [9.17, 15) is 0 Å². The highest BCUT2D eigenvalue weighted by molar-refractivity contribution is 5.00. The van der Waals surface area contributed by atoms with Gasteiger partial charge in [0.15, 0.2) is 0 Å². The number of hydrogen-bond donors (Lipinski definition) is 1. The predicted molar refractivity (Wildman–Crippen MR) is 46.0 cm³/mol. The molecule has 0 amide bonds. The van der Waals surface area contributed by atoms with Gasteiger partial charge in [-0.05, 0) is 24.7 Å². The molecular formula is C10H16O. The van der Waals surface area contributed by atoms with Crippen molar-refractivity contribution >= 4 is 0 Å². The van der Waals surface area contributed by atoms with Crippen molar-refractivity contribution in [1.82, 2.24) is 0 Å². The first-order chi connectivity index (χ1) is 5.34. The lowest BCUT2D eigenvalue weighted by Gasteiger charge is -2.21. The lowest BCUT2D eigenvalue weighted by atomic mass is 9.86. The molecule has 1 aliphatic carbocycles. The first kappa shape index (κ1) is 8.62. The summed E-state index contributed by atoms with van der Waals surface area (Å²) in [4.78, 5) is 0. The Morgan fingerprint density at radius 3 is 2.55 bits per heavy atom. The highest BCUT2D eigenvalue weighted by Crippen LogP contribution is 2.22. The Balaban J connectivity index is 2.47. The zero-order chi connectivity index (χ0) is 8.10. The molecule has 1 aliphatic rings. The minimum absolute atomic E-state index is 0.336. The lowest BCUT2D eigenvalue weighted by molar-refractivity contribution is 0.170. The molecule has 62 valence electrons. The Kier molecular flexibility index (Phi) is 3.45. The number of rotatable bonds is 1. The van der Waals surface area contributed by atoms with Gasteiger partial charge in [0, 0.05) is 19.4 Å². The van der Waals surface area contributed by atoms with Crippen molar-refractivity contribution in [2.24, 2.45) is 11.8 Å². The molecule has 0 fully saturated rings. The van der Waals surface area contributed by atoms with Gasteiger partial charge >= 0.3 is 0 Å². The third kappa shape index (κ3) is 2.55. The van der Waals surface area contributed by atoms with Gasteiger partial charge in [0.1, 0.15) is 0 Å². The molecule has 0 saturated carbocycles. The molecule has 1 rings (SSSR count). The maximum absolute atomic E-state index is 9.03. The van der Waals surface area contributed by atoms with Gasteiger partial charge in [0.05, 0.1) is 0 Å². The van der Waals surface area contributed by atoms with E-state index < -0.39 is 0 Å². The second kappa shape index (κ2) is 4.41. The van der Waals surface area contributed by atoms with Gasteiger partial charge < -0.3 is 5.11 Å². The average molecular weight is 152 g/mol. The van der Waals surface area contributed by atoms with Crippen LogP contribution in [0.1, 0.15) is 32.6 Å². The largest absolute Gasteiger partial charge is 0.396 e. The summed E-state index contributed by atoms with van der Waals surface area (Å²) in [5.41, 5.74) is 0. The van der Waals surface area contributed by atoms with Gasteiger partial charge in [-0.3, -0.25) is 0 Å². The molecule has 1 nitrogen and oxygen atoms in total. The minimum atomic E-state index is 0.336. The van der Waals surface area contributed by atoms with Crippen LogP contribution in [0, 0.1) is 23.7 Å². The normalized spacial score (nSPS) is 31.5.